The summed E-state index contributed by atoms with van der Waals surface area (Å²) in [6, 6.07) is 0. The molecule has 0 heteroatoms. The van der Waals surface area contributed by atoms with Crippen molar-refractivity contribution in [1.82, 2.24) is 0 Å². The van der Waals surface area contributed by atoms with E-state index in [9.17, 15) is 0 Å². The Morgan fingerprint density at radius 3 is 2.50 bits per heavy atom. The summed E-state index contributed by atoms with van der Waals surface area (Å²) in [5.74, 6) is 4.57. The van der Waals surface area contributed by atoms with Gasteiger partial charge in [0.25, 0.3) is 0 Å². The van der Waals surface area contributed by atoms with E-state index in [1.807, 2.05) is 0 Å². The molecule has 0 spiro atoms. The van der Waals surface area contributed by atoms with Crippen LogP contribution in [0.4, 0.5) is 0 Å². The summed E-state index contributed by atoms with van der Waals surface area (Å²) < 4.78 is 0. The van der Waals surface area contributed by atoms with Crippen molar-refractivity contribution >= 4 is 0 Å². The largest absolute Gasteiger partial charge is 0.0585 e. The van der Waals surface area contributed by atoms with Crippen molar-refractivity contribution in [2.24, 2.45) is 5.92 Å². The zero-order valence-corrected chi connectivity index (χ0v) is 5.41. The van der Waals surface area contributed by atoms with E-state index in [1.165, 1.54) is 25.7 Å². The summed E-state index contributed by atoms with van der Waals surface area (Å²) in [6.07, 6.45) is 5.80. The molecule has 44 valence electrons. The van der Waals surface area contributed by atoms with Crippen LogP contribution in [0, 0.1) is 17.8 Å². The first-order chi connectivity index (χ1) is 3.86. The van der Waals surface area contributed by atoms with Gasteiger partial charge in [-0.15, -0.1) is 0 Å². The fraction of sp³-hybridized carbons (Fsp3) is 0.750. The van der Waals surface area contributed by atoms with Gasteiger partial charge in [0.05, 0.1) is 0 Å². The van der Waals surface area contributed by atoms with Gasteiger partial charge in [-0.1, -0.05) is 6.92 Å². The lowest BCUT2D eigenvalue weighted by atomic mass is 9.91. The van der Waals surface area contributed by atoms with E-state index in [4.69, 9.17) is 0 Å². The molecule has 0 nitrogen and oxygen atoms in total. The first kappa shape index (κ1) is 4.84. The van der Waals surface area contributed by atoms with Gasteiger partial charge in [0.2, 0.25) is 0 Å². The summed E-state index contributed by atoms with van der Waals surface area (Å²) in [5.41, 5.74) is 0. The van der Waals surface area contributed by atoms with Gasteiger partial charge in [-0.05, 0) is 43.4 Å². The molecule has 0 aromatic rings. The SMILES string of the molecule is C[C]1CC2CC[C]1C2. The van der Waals surface area contributed by atoms with Crippen molar-refractivity contribution in [2.75, 3.05) is 0 Å². The molecule has 1 unspecified atom stereocenters. The number of hydrogen-bond acceptors (Lipinski definition) is 0. The molecule has 0 heterocycles. The highest BCUT2D eigenvalue weighted by Gasteiger charge is 2.37. The summed E-state index contributed by atoms with van der Waals surface area (Å²) in [6.45, 7) is 2.30. The van der Waals surface area contributed by atoms with E-state index in [2.05, 4.69) is 6.92 Å². The zero-order chi connectivity index (χ0) is 5.56. The van der Waals surface area contributed by atoms with Crippen molar-refractivity contribution in [2.45, 2.75) is 32.6 Å². The van der Waals surface area contributed by atoms with Crippen LogP contribution >= 0.6 is 0 Å². The normalized spacial score (nSPS) is 39.4. The molecule has 2 fully saturated rings. The van der Waals surface area contributed by atoms with Gasteiger partial charge in [0, 0.05) is 0 Å². The van der Waals surface area contributed by atoms with E-state index in [0.717, 1.165) is 5.92 Å². The maximum absolute atomic E-state index is 2.30. The van der Waals surface area contributed by atoms with Crippen LogP contribution in [-0.4, -0.2) is 0 Å². The zero-order valence-electron chi connectivity index (χ0n) is 5.41. The Hall–Kier alpha value is 0. The lowest BCUT2D eigenvalue weighted by Gasteiger charge is -2.14. The highest BCUT2D eigenvalue weighted by Crippen LogP contribution is 2.50. The summed E-state index contributed by atoms with van der Waals surface area (Å²) in [5, 5.41) is 0. The first-order valence-corrected chi connectivity index (χ1v) is 3.54. The number of fused-ring (bicyclic) bond motifs is 2. The molecular formula is C8H12. The van der Waals surface area contributed by atoms with Gasteiger partial charge in [0.1, 0.15) is 0 Å². The molecule has 2 aliphatic carbocycles. The van der Waals surface area contributed by atoms with Crippen LogP contribution in [0.2, 0.25) is 0 Å². The van der Waals surface area contributed by atoms with E-state index in [1.54, 1.807) is 11.8 Å². The first-order valence-electron chi connectivity index (χ1n) is 3.54. The minimum atomic E-state index is 1.07. The molecule has 0 saturated heterocycles. The predicted octanol–water partition coefficient (Wildman–Crippen LogP) is 2.36. The molecule has 0 N–H and O–H groups in total. The van der Waals surface area contributed by atoms with Crippen LogP contribution in [0.1, 0.15) is 32.6 Å². The van der Waals surface area contributed by atoms with E-state index < -0.39 is 0 Å². The highest BCUT2D eigenvalue weighted by atomic mass is 14.4. The molecule has 2 aliphatic rings. The van der Waals surface area contributed by atoms with Crippen LogP contribution in [0.25, 0.3) is 0 Å². The van der Waals surface area contributed by atoms with E-state index in [0.29, 0.717) is 0 Å². The second kappa shape index (κ2) is 1.49. The lowest BCUT2D eigenvalue weighted by molar-refractivity contribution is 0.545. The molecule has 2 rings (SSSR count). The Balaban J connectivity index is 2.11. The molecule has 0 aliphatic heterocycles. The Kier molecular flexibility index (Phi) is 0.902. The Labute approximate surface area is 51.3 Å². The molecule has 8 heavy (non-hydrogen) atoms. The van der Waals surface area contributed by atoms with Crippen LogP contribution < -0.4 is 0 Å². The molecule has 0 aromatic carbocycles. The quantitative estimate of drug-likeness (QED) is 0.447. The third kappa shape index (κ3) is 0.519. The maximum Gasteiger partial charge on any atom is -0.0173 e. The Bertz CT molecular complexity index is 94.2. The molecular weight excluding hydrogens is 96.1 g/mol. The van der Waals surface area contributed by atoms with Gasteiger partial charge in [0.15, 0.2) is 0 Å². The van der Waals surface area contributed by atoms with Crippen molar-refractivity contribution in [3.05, 3.63) is 11.8 Å². The number of hydrogen-bond donors (Lipinski definition) is 0. The molecule has 2 radical (unpaired) electrons. The van der Waals surface area contributed by atoms with Crippen molar-refractivity contribution in [3.8, 4) is 0 Å². The molecule has 1 atom stereocenters. The molecule has 0 amide bonds. The van der Waals surface area contributed by atoms with Gasteiger partial charge < -0.3 is 0 Å². The van der Waals surface area contributed by atoms with Crippen molar-refractivity contribution < 1.29 is 0 Å². The van der Waals surface area contributed by atoms with Gasteiger partial charge in [-0.2, -0.15) is 0 Å². The van der Waals surface area contributed by atoms with Crippen LogP contribution in [0.3, 0.4) is 0 Å². The van der Waals surface area contributed by atoms with E-state index >= 15 is 0 Å². The molecule has 2 bridgehead atoms. The average molecular weight is 108 g/mol. The lowest BCUT2D eigenvalue weighted by Crippen LogP contribution is -2.00. The van der Waals surface area contributed by atoms with Crippen molar-refractivity contribution in [3.63, 3.8) is 0 Å². The fourth-order valence-corrected chi connectivity index (χ4v) is 2.07. The topological polar surface area (TPSA) is 0 Å². The second-order valence-electron chi connectivity index (χ2n) is 3.20. The predicted molar refractivity (Wildman–Crippen MR) is 34.1 cm³/mol. The Morgan fingerprint density at radius 2 is 2.25 bits per heavy atom. The minimum absolute atomic E-state index is 1.07. The number of rotatable bonds is 0. The standard InChI is InChI=1S/C8H12/c1-6-4-7-2-3-8(6)5-7/h7H,2-5H2,1H3. The maximum atomic E-state index is 2.30. The third-order valence-electron chi connectivity index (χ3n) is 2.59. The van der Waals surface area contributed by atoms with Gasteiger partial charge in [-0.3, -0.25) is 0 Å². The van der Waals surface area contributed by atoms with Crippen LogP contribution in [-0.2, 0) is 0 Å². The summed E-state index contributed by atoms with van der Waals surface area (Å²) in [7, 11) is 0. The second-order valence-corrected chi connectivity index (χ2v) is 3.20. The monoisotopic (exact) mass is 108 g/mol. The van der Waals surface area contributed by atoms with Gasteiger partial charge in [-0.25, -0.2) is 0 Å². The summed E-state index contributed by atoms with van der Waals surface area (Å²) in [4.78, 5) is 0. The molecule has 2 saturated carbocycles. The minimum Gasteiger partial charge on any atom is -0.0585 e. The van der Waals surface area contributed by atoms with Crippen LogP contribution in [0.15, 0.2) is 0 Å². The van der Waals surface area contributed by atoms with Gasteiger partial charge >= 0.3 is 0 Å². The Morgan fingerprint density at radius 1 is 1.38 bits per heavy atom. The van der Waals surface area contributed by atoms with Crippen molar-refractivity contribution in [1.29, 1.82) is 0 Å². The fourth-order valence-electron chi connectivity index (χ4n) is 2.07. The third-order valence-corrected chi connectivity index (χ3v) is 2.59. The smallest absolute Gasteiger partial charge is 0.0173 e. The van der Waals surface area contributed by atoms with E-state index in [-0.39, 0.29) is 0 Å². The highest BCUT2D eigenvalue weighted by molar-refractivity contribution is 5.24. The van der Waals surface area contributed by atoms with Crippen LogP contribution in [0.5, 0.6) is 0 Å². The molecule has 0 aromatic heterocycles. The average Bonchev–Trinajstić information content (AvgIpc) is 2.23. The summed E-state index contributed by atoms with van der Waals surface area (Å²) >= 11 is 0.